The molecule has 0 fully saturated rings. The van der Waals surface area contributed by atoms with E-state index in [0.29, 0.717) is 22.6 Å². The van der Waals surface area contributed by atoms with Crippen molar-refractivity contribution in [3.8, 4) is 0 Å². The number of thiazole rings is 1. The molecule has 0 saturated heterocycles. The number of anilines is 1. The summed E-state index contributed by atoms with van der Waals surface area (Å²) in [6, 6.07) is 9.23. The van der Waals surface area contributed by atoms with Crippen molar-refractivity contribution in [2.24, 2.45) is 0 Å². The summed E-state index contributed by atoms with van der Waals surface area (Å²) in [4.78, 5) is 27.6. The summed E-state index contributed by atoms with van der Waals surface area (Å²) in [6.07, 6.45) is -3.69. The third kappa shape index (κ3) is 5.11. The first-order valence-electron chi connectivity index (χ1n) is 9.99. The highest BCUT2D eigenvalue weighted by Crippen LogP contribution is 2.29. The fourth-order valence-corrected chi connectivity index (χ4v) is 4.12. The van der Waals surface area contributed by atoms with Crippen LogP contribution in [0.5, 0.6) is 0 Å². The van der Waals surface area contributed by atoms with Crippen molar-refractivity contribution in [1.29, 1.82) is 0 Å². The van der Waals surface area contributed by atoms with Gasteiger partial charge in [-0.3, -0.25) is 9.78 Å². The lowest BCUT2D eigenvalue weighted by atomic mass is 10.1. The summed E-state index contributed by atoms with van der Waals surface area (Å²) >= 11 is 1.41. The quantitative estimate of drug-likeness (QED) is 0.435. The van der Waals surface area contributed by atoms with Gasteiger partial charge in [0.25, 0.3) is 5.91 Å². The predicted molar refractivity (Wildman–Crippen MR) is 121 cm³/mol. The monoisotopic (exact) mass is 471 g/mol. The van der Waals surface area contributed by atoms with Crippen molar-refractivity contribution < 1.29 is 18.0 Å². The minimum Gasteiger partial charge on any atom is -0.383 e. The van der Waals surface area contributed by atoms with E-state index < -0.39 is 11.7 Å². The number of nitrogens with two attached hydrogens (primary N) is 1. The van der Waals surface area contributed by atoms with E-state index in [1.807, 2.05) is 25.3 Å². The van der Waals surface area contributed by atoms with Crippen molar-refractivity contribution in [3.05, 3.63) is 81.1 Å². The molecule has 2 N–H and O–H groups in total. The van der Waals surface area contributed by atoms with E-state index in [1.54, 1.807) is 18.2 Å². The highest BCUT2D eigenvalue weighted by molar-refractivity contribution is 7.09. The maximum atomic E-state index is 13.4. The summed E-state index contributed by atoms with van der Waals surface area (Å²) in [6.45, 7) is 3.93. The molecule has 0 aliphatic heterocycles. The smallest absolute Gasteiger partial charge is 0.383 e. The van der Waals surface area contributed by atoms with E-state index in [-0.39, 0.29) is 19.0 Å². The third-order valence-electron chi connectivity index (χ3n) is 5.08. The first kappa shape index (κ1) is 22.7. The summed E-state index contributed by atoms with van der Waals surface area (Å²) in [5.74, 6) is 0.136. The van der Waals surface area contributed by atoms with Gasteiger partial charge in [0.15, 0.2) is 0 Å². The molecule has 4 rings (SSSR count). The zero-order chi connectivity index (χ0) is 23.8. The summed E-state index contributed by atoms with van der Waals surface area (Å²) < 4.78 is 38.6. The normalized spacial score (nSPS) is 11.7. The molecular formula is C23H20F3N5OS. The zero-order valence-electron chi connectivity index (χ0n) is 17.8. The molecule has 0 bridgehead atoms. The average molecular weight is 472 g/mol. The molecule has 4 aromatic rings. The molecular weight excluding hydrogens is 451 g/mol. The fourth-order valence-electron chi connectivity index (χ4n) is 3.33. The van der Waals surface area contributed by atoms with Crippen molar-refractivity contribution >= 4 is 34.0 Å². The molecule has 0 atom stereocenters. The lowest BCUT2D eigenvalue weighted by Crippen LogP contribution is -2.30. The molecule has 33 heavy (non-hydrogen) atoms. The van der Waals surface area contributed by atoms with Crippen LogP contribution < -0.4 is 5.73 Å². The first-order valence-corrected chi connectivity index (χ1v) is 10.9. The first-order chi connectivity index (χ1) is 15.6. The Bertz CT molecular complexity index is 1320. The number of nitrogen functional groups attached to an aromatic ring is 1. The van der Waals surface area contributed by atoms with Gasteiger partial charge in [-0.1, -0.05) is 0 Å². The Hall–Kier alpha value is -3.53. The Morgan fingerprint density at radius 2 is 1.88 bits per heavy atom. The van der Waals surface area contributed by atoms with Crippen molar-refractivity contribution in [2.45, 2.75) is 33.1 Å². The van der Waals surface area contributed by atoms with E-state index in [4.69, 9.17) is 5.73 Å². The predicted octanol–water partition coefficient (Wildman–Crippen LogP) is 5.15. The van der Waals surface area contributed by atoms with Gasteiger partial charge in [-0.05, 0) is 55.8 Å². The number of carbonyl (C=O) groups is 1. The molecule has 0 aliphatic rings. The van der Waals surface area contributed by atoms with Gasteiger partial charge in [0.2, 0.25) is 0 Å². The van der Waals surface area contributed by atoms with E-state index in [0.717, 1.165) is 33.9 Å². The standard InChI is InChI=1S/C23H20F3N5OS/c1-13-7-16-8-15(3-6-19(16)30-21(13)27)22(32)31(11-20-29-14(2)12-33-20)10-18-5-4-17(9-28-18)23(24,25)26/h3-9,12H,10-11H2,1-2H3,(H2,27,30). The minimum atomic E-state index is -4.47. The highest BCUT2D eigenvalue weighted by atomic mass is 32.1. The Kier molecular flexibility index (Phi) is 6.03. The molecule has 1 aromatic carbocycles. The number of aryl methyl sites for hydroxylation is 2. The van der Waals surface area contributed by atoms with E-state index in [2.05, 4.69) is 15.0 Å². The molecule has 6 nitrogen and oxygen atoms in total. The highest BCUT2D eigenvalue weighted by Gasteiger charge is 2.30. The molecule has 0 radical (unpaired) electrons. The Balaban J connectivity index is 1.65. The Morgan fingerprint density at radius 1 is 1.09 bits per heavy atom. The number of aromatic nitrogens is 3. The lowest BCUT2D eigenvalue weighted by molar-refractivity contribution is -0.137. The SMILES string of the molecule is Cc1csc(CN(Cc2ccc(C(F)(F)F)cn2)C(=O)c2ccc3nc(N)c(C)cc3c2)n1. The second-order valence-electron chi connectivity index (χ2n) is 7.68. The van der Waals surface area contributed by atoms with Crippen LogP contribution in [0.3, 0.4) is 0 Å². The number of alkyl halides is 3. The average Bonchev–Trinajstić information content (AvgIpc) is 3.17. The topological polar surface area (TPSA) is 85.0 Å². The second kappa shape index (κ2) is 8.78. The number of halogens is 3. The molecule has 0 unspecified atom stereocenters. The Labute approximate surface area is 191 Å². The van der Waals surface area contributed by atoms with E-state index in [9.17, 15) is 18.0 Å². The van der Waals surface area contributed by atoms with Gasteiger partial charge in [0, 0.05) is 28.2 Å². The van der Waals surface area contributed by atoms with Crippen molar-refractivity contribution in [1.82, 2.24) is 19.9 Å². The van der Waals surface area contributed by atoms with Gasteiger partial charge >= 0.3 is 6.18 Å². The number of hydrogen-bond acceptors (Lipinski definition) is 6. The third-order valence-corrected chi connectivity index (χ3v) is 6.03. The largest absolute Gasteiger partial charge is 0.417 e. The number of pyridine rings is 2. The molecule has 0 aliphatic carbocycles. The number of benzene rings is 1. The van der Waals surface area contributed by atoms with Gasteiger partial charge in [0.05, 0.1) is 29.9 Å². The number of nitrogens with zero attached hydrogens (tertiary/aromatic N) is 4. The number of fused-ring (bicyclic) bond motifs is 1. The van der Waals surface area contributed by atoms with Gasteiger partial charge in [0.1, 0.15) is 10.8 Å². The maximum absolute atomic E-state index is 13.4. The summed E-state index contributed by atoms with van der Waals surface area (Å²) in [5.41, 5.74) is 8.11. The fraction of sp³-hybridized carbons (Fsp3) is 0.217. The van der Waals surface area contributed by atoms with Crippen LogP contribution in [0, 0.1) is 13.8 Å². The van der Waals surface area contributed by atoms with Crippen molar-refractivity contribution in [2.75, 3.05) is 5.73 Å². The van der Waals surface area contributed by atoms with Crippen LogP contribution in [0.25, 0.3) is 10.9 Å². The van der Waals surface area contributed by atoms with Crippen LogP contribution in [0.4, 0.5) is 19.0 Å². The molecule has 0 spiro atoms. The van der Waals surface area contributed by atoms with Crippen molar-refractivity contribution in [3.63, 3.8) is 0 Å². The van der Waals surface area contributed by atoms with Gasteiger partial charge in [-0.25, -0.2) is 9.97 Å². The number of carbonyl (C=O) groups excluding carboxylic acids is 1. The molecule has 3 heterocycles. The van der Waals surface area contributed by atoms with Crippen LogP contribution in [0.15, 0.2) is 48.0 Å². The molecule has 1 amide bonds. The number of hydrogen-bond donors (Lipinski definition) is 1. The molecule has 0 saturated carbocycles. The molecule has 3 aromatic heterocycles. The lowest BCUT2D eigenvalue weighted by Gasteiger charge is -2.22. The van der Waals surface area contributed by atoms with Gasteiger partial charge in [-0.2, -0.15) is 13.2 Å². The minimum absolute atomic E-state index is 0.0344. The molecule has 10 heteroatoms. The number of amides is 1. The van der Waals surface area contributed by atoms with E-state index >= 15 is 0 Å². The van der Waals surface area contributed by atoms with Crippen LogP contribution in [-0.2, 0) is 19.3 Å². The number of rotatable bonds is 5. The Morgan fingerprint density at radius 3 is 2.52 bits per heavy atom. The second-order valence-corrected chi connectivity index (χ2v) is 8.62. The van der Waals surface area contributed by atoms with Gasteiger partial charge < -0.3 is 10.6 Å². The summed E-state index contributed by atoms with van der Waals surface area (Å²) in [5, 5.41) is 3.37. The van der Waals surface area contributed by atoms with Crippen LogP contribution in [0.1, 0.15) is 37.9 Å². The van der Waals surface area contributed by atoms with Crippen LogP contribution in [0.2, 0.25) is 0 Å². The van der Waals surface area contributed by atoms with E-state index in [1.165, 1.54) is 22.3 Å². The zero-order valence-corrected chi connectivity index (χ0v) is 18.7. The maximum Gasteiger partial charge on any atom is 0.417 e. The summed E-state index contributed by atoms with van der Waals surface area (Å²) in [7, 11) is 0. The van der Waals surface area contributed by atoms with Gasteiger partial charge in [-0.15, -0.1) is 11.3 Å². The van der Waals surface area contributed by atoms with Crippen LogP contribution >= 0.6 is 11.3 Å². The molecule has 170 valence electrons. The van der Waals surface area contributed by atoms with Crippen LogP contribution in [-0.4, -0.2) is 25.8 Å².